The molecule has 0 heterocycles. The van der Waals surface area contributed by atoms with Crippen LogP contribution in [-0.2, 0) is 19.1 Å². The molecule has 0 aromatic heterocycles. The molecule has 2 aromatic carbocycles. The van der Waals surface area contributed by atoms with E-state index in [0.717, 1.165) is 37.8 Å². The van der Waals surface area contributed by atoms with Gasteiger partial charge in [-0.25, -0.2) is 19.2 Å². The zero-order valence-electron chi connectivity index (χ0n) is 21.3. The van der Waals surface area contributed by atoms with Crippen LogP contribution in [0.2, 0.25) is 30.1 Å². The summed E-state index contributed by atoms with van der Waals surface area (Å²) in [6.45, 7) is 4.06. The Labute approximate surface area is 261 Å². The van der Waals surface area contributed by atoms with Gasteiger partial charge >= 0.3 is 23.9 Å². The number of benzene rings is 2. The van der Waals surface area contributed by atoms with Crippen LogP contribution in [-0.4, -0.2) is 37.1 Å². The summed E-state index contributed by atoms with van der Waals surface area (Å²) in [6, 6.07) is 2.30. The Morgan fingerprint density at radius 1 is 0.575 bits per heavy atom. The Morgan fingerprint density at radius 3 is 1.25 bits per heavy atom. The van der Waals surface area contributed by atoms with Crippen LogP contribution in [0.15, 0.2) is 12.1 Å². The van der Waals surface area contributed by atoms with Crippen LogP contribution >= 0.6 is 69.6 Å². The van der Waals surface area contributed by atoms with Gasteiger partial charge in [0.25, 0.3) is 0 Å². The number of unbranched alkanes of at least 4 members (excludes halogenated alkanes) is 4. The van der Waals surface area contributed by atoms with Crippen LogP contribution in [0.25, 0.3) is 0 Å². The van der Waals surface area contributed by atoms with Crippen LogP contribution in [0.1, 0.15) is 73.1 Å². The second-order valence-corrected chi connectivity index (χ2v) is 10.6. The maximum atomic E-state index is 12.8. The molecule has 2 rings (SSSR count). The van der Waals surface area contributed by atoms with Crippen LogP contribution in [0.3, 0.4) is 0 Å². The van der Waals surface area contributed by atoms with Gasteiger partial charge in [-0.05, 0) is 25.0 Å². The lowest BCUT2D eigenvalue weighted by molar-refractivity contribution is -0.156. The number of hydrogen-bond acceptors (Lipinski definition) is 8. The Morgan fingerprint density at radius 2 is 0.925 bits per heavy atom. The first-order valence-electron chi connectivity index (χ1n) is 12.1. The fourth-order valence-corrected chi connectivity index (χ4v) is 4.59. The van der Waals surface area contributed by atoms with Crippen molar-refractivity contribution in [2.75, 3.05) is 13.2 Å². The Kier molecular flexibility index (Phi) is 14.1. The predicted octanol–water partition coefficient (Wildman–Crippen LogP) is 8.81. The van der Waals surface area contributed by atoms with Gasteiger partial charge < -0.3 is 18.9 Å². The molecular formula is C26H24Cl6O8. The number of ether oxygens (including phenoxy) is 4. The molecule has 0 spiro atoms. The summed E-state index contributed by atoms with van der Waals surface area (Å²) in [7, 11) is 0. The van der Waals surface area contributed by atoms with Gasteiger partial charge in [-0.15, -0.1) is 0 Å². The molecule has 14 heteroatoms. The van der Waals surface area contributed by atoms with E-state index in [1.165, 1.54) is 0 Å². The summed E-state index contributed by atoms with van der Waals surface area (Å²) >= 11 is 36.7. The molecule has 0 saturated heterocycles. The largest absolute Gasteiger partial charge is 0.462 e. The highest BCUT2D eigenvalue weighted by Crippen LogP contribution is 2.42. The molecule has 0 atom stereocenters. The number of halogens is 6. The summed E-state index contributed by atoms with van der Waals surface area (Å²) < 4.78 is 20.5. The molecule has 2 aromatic rings. The maximum absolute atomic E-state index is 12.8. The summed E-state index contributed by atoms with van der Waals surface area (Å²) in [4.78, 5) is 50.9. The van der Waals surface area contributed by atoms with Gasteiger partial charge in [0, 0.05) is 0 Å². The third-order valence-electron chi connectivity index (χ3n) is 5.18. The van der Waals surface area contributed by atoms with Crippen LogP contribution in [0.4, 0.5) is 0 Å². The molecule has 0 unspecified atom stereocenters. The van der Waals surface area contributed by atoms with Crippen molar-refractivity contribution in [1.29, 1.82) is 0 Å². The zero-order valence-corrected chi connectivity index (χ0v) is 25.9. The minimum absolute atomic E-state index is 0.0595. The second-order valence-electron chi connectivity index (χ2n) is 8.18. The van der Waals surface area contributed by atoms with Crippen molar-refractivity contribution < 1.29 is 38.1 Å². The summed E-state index contributed by atoms with van der Waals surface area (Å²) in [5.74, 6) is -6.54. The van der Waals surface area contributed by atoms with E-state index in [2.05, 4.69) is 0 Å². The molecule has 0 amide bonds. The summed E-state index contributed by atoms with van der Waals surface area (Å²) in [5, 5.41) is -1.64. The third-order valence-corrected chi connectivity index (χ3v) is 7.32. The molecule has 0 aliphatic rings. The van der Waals surface area contributed by atoms with Crippen LogP contribution < -0.4 is 9.47 Å². The smallest absolute Gasteiger partial charge is 0.423 e. The Bertz CT molecular complexity index is 1180. The van der Waals surface area contributed by atoms with E-state index in [1.807, 2.05) is 13.8 Å². The first kappa shape index (κ1) is 34.3. The van der Waals surface area contributed by atoms with E-state index < -0.39 is 56.5 Å². The van der Waals surface area contributed by atoms with Crippen molar-refractivity contribution in [1.82, 2.24) is 0 Å². The van der Waals surface area contributed by atoms with Gasteiger partial charge in [0.1, 0.15) is 21.2 Å². The average Bonchev–Trinajstić information content (AvgIpc) is 2.90. The molecule has 8 nitrogen and oxygen atoms in total. The molecule has 40 heavy (non-hydrogen) atoms. The van der Waals surface area contributed by atoms with Gasteiger partial charge in [-0.2, -0.15) is 0 Å². The minimum atomic E-state index is -1.67. The number of carbonyl (C=O) groups is 4. The highest BCUT2D eigenvalue weighted by Gasteiger charge is 2.32. The quantitative estimate of drug-likeness (QED) is 0.0722. The van der Waals surface area contributed by atoms with E-state index in [9.17, 15) is 19.2 Å². The van der Waals surface area contributed by atoms with E-state index in [1.54, 1.807) is 0 Å². The van der Waals surface area contributed by atoms with Gasteiger partial charge in [0.15, 0.2) is 11.5 Å². The molecule has 0 fully saturated rings. The van der Waals surface area contributed by atoms with Crippen molar-refractivity contribution in [2.24, 2.45) is 0 Å². The highest BCUT2D eigenvalue weighted by atomic mass is 35.5. The fraction of sp³-hybridized carbons (Fsp3) is 0.385. The predicted molar refractivity (Wildman–Crippen MR) is 154 cm³/mol. The van der Waals surface area contributed by atoms with Crippen molar-refractivity contribution in [3.63, 3.8) is 0 Å². The molecule has 0 aliphatic heterocycles. The molecule has 0 N–H and O–H groups in total. The Hall–Kier alpha value is -1.94. The van der Waals surface area contributed by atoms with E-state index in [0.29, 0.717) is 12.8 Å². The zero-order chi connectivity index (χ0) is 30.0. The van der Waals surface area contributed by atoms with Crippen molar-refractivity contribution in [3.05, 3.63) is 53.4 Å². The number of esters is 4. The molecule has 0 saturated carbocycles. The standard InChI is InChI=1S/C26H24Cl6O8/c1-3-5-7-9-37-23(33)17-13(27)11-15(29)19(31)21(17)39-25(35)26(36)40-22-18(14(28)12-16(30)20(22)32)24(34)38-10-8-6-4-2/h11-12H,3-10H2,1-2H3. The van der Waals surface area contributed by atoms with Crippen LogP contribution in [0.5, 0.6) is 11.5 Å². The van der Waals surface area contributed by atoms with Crippen LogP contribution in [0, 0.1) is 0 Å². The number of carbonyl (C=O) groups excluding carboxylic acids is 4. The lowest BCUT2D eigenvalue weighted by Gasteiger charge is -2.15. The molecule has 218 valence electrons. The van der Waals surface area contributed by atoms with Gasteiger partial charge in [0.2, 0.25) is 0 Å². The number of rotatable bonds is 12. The van der Waals surface area contributed by atoms with Gasteiger partial charge in [-0.3, -0.25) is 0 Å². The maximum Gasteiger partial charge on any atom is 0.423 e. The van der Waals surface area contributed by atoms with E-state index >= 15 is 0 Å². The molecule has 0 radical (unpaired) electrons. The van der Waals surface area contributed by atoms with Crippen molar-refractivity contribution in [2.45, 2.75) is 52.4 Å². The summed E-state index contributed by atoms with van der Waals surface area (Å²) in [6.07, 6.45) is 4.54. The summed E-state index contributed by atoms with van der Waals surface area (Å²) in [5.41, 5.74) is -0.872. The van der Waals surface area contributed by atoms with Gasteiger partial charge in [0.05, 0.1) is 33.3 Å². The van der Waals surface area contributed by atoms with E-state index in [-0.39, 0.29) is 33.3 Å². The third kappa shape index (κ3) is 9.03. The first-order valence-corrected chi connectivity index (χ1v) is 14.3. The first-order chi connectivity index (χ1) is 18.9. The fourth-order valence-electron chi connectivity index (χ4n) is 3.17. The van der Waals surface area contributed by atoms with Gasteiger partial charge in [-0.1, -0.05) is 109 Å². The lowest BCUT2D eigenvalue weighted by atomic mass is 10.2. The Balaban J connectivity index is 2.35. The van der Waals surface area contributed by atoms with E-state index in [4.69, 9.17) is 88.6 Å². The second kappa shape index (κ2) is 16.5. The topological polar surface area (TPSA) is 105 Å². The monoisotopic (exact) mass is 674 g/mol. The van der Waals surface area contributed by atoms with Crippen molar-refractivity contribution >= 4 is 93.5 Å². The minimum Gasteiger partial charge on any atom is -0.462 e. The SMILES string of the molecule is CCCCCOC(=O)c1c(Cl)cc(Cl)c(Cl)c1OC(=O)C(=O)Oc1c(Cl)c(Cl)cc(Cl)c1C(=O)OCCCCC. The molecule has 0 aliphatic carbocycles. The number of hydrogen-bond donors (Lipinski definition) is 0. The highest BCUT2D eigenvalue weighted by molar-refractivity contribution is 6.47. The normalized spacial score (nSPS) is 10.7. The lowest BCUT2D eigenvalue weighted by Crippen LogP contribution is -2.27. The van der Waals surface area contributed by atoms with Crippen molar-refractivity contribution in [3.8, 4) is 11.5 Å². The molecular weight excluding hydrogens is 653 g/mol. The average molecular weight is 677 g/mol. The molecule has 0 bridgehead atoms.